The largest absolute Gasteiger partial charge is 0.329 e. The van der Waals surface area contributed by atoms with Crippen molar-refractivity contribution in [2.75, 3.05) is 14.1 Å². The maximum Gasteiger partial charge on any atom is 0.121 e. The SMILES string of the molecule is CN(C)[Si](C)(C)CC1CCCC1. The van der Waals surface area contributed by atoms with Crippen LogP contribution in [-0.4, -0.2) is 26.9 Å². The van der Waals surface area contributed by atoms with Crippen molar-refractivity contribution < 1.29 is 0 Å². The zero-order chi connectivity index (χ0) is 9.19. The molecule has 1 rings (SSSR count). The molecule has 0 aliphatic heterocycles. The Morgan fingerprint density at radius 3 is 2.08 bits per heavy atom. The molecule has 72 valence electrons. The van der Waals surface area contributed by atoms with Crippen LogP contribution in [0.5, 0.6) is 0 Å². The van der Waals surface area contributed by atoms with Crippen molar-refractivity contribution in [1.82, 2.24) is 4.57 Å². The van der Waals surface area contributed by atoms with Gasteiger partial charge in [-0.3, -0.25) is 0 Å². The molecule has 0 spiro atoms. The molecule has 0 aromatic rings. The van der Waals surface area contributed by atoms with Gasteiger partial charge in [0, 0.05) is 0 Å². The number of hydrogen-bond acceptors (Lipinski definition) is 1. The molecular weight excluding hydrogens is 162 g/mol. The first-order valence-electron chi connectivity index (χ1n) is 5.20. The van der Waals surface area contributed by atoms with Crippen molar-refractivity contribution in [3.8, 4) is 0 Å². The molecule has 0 atom stereocenters. The van der Waals surface area contributed by atoms with Crippen molar-refractivity contribution in [1.29, 1.82) is 0 Å². The minimum Gasteiger partial charge on any atom is -0.329 e. The van der Waals surface area contributed by atoms with E-state index in [2.05, 4.69) is 31.8 Å². The van der Waals surface area contributed by atoms with Crippen LogP contribution >= 0.6 is 0 Å². The van der Waals surface area contributed by atoms with Crippen LogP contribution in [0.3, 0.4) is 0 Å². The van der Waals surface area contributed by atoms with Crippen molar-refractivity contribution >= 4 is 8.24 Å². The van der Waals surface area contributed by atoms with Gasteiger partial charge in [-0.25, -0.2) is 0 Å². The molecule has 1 aliphatic rings. The average molecular weight is 185 g/mol. The van der Waals surface area contributed by atoms with E-state index in [4.69, 9.17) is 0 Å². The van der Waals surface area contributed by atoms with Crippen LogP contribution in [0.25, 0.3) is 0 Å². The van der Waals surface area contributed by atoms with Gasteiger partial charge < -0.3 is 4.57 Å². The predicted molar refractivity (Wildman–Crippen MR) is 57.9 cm³/mol. The van der Waals surface area contributed by atoms with Crippen LogP contribution in [0.1, 0.15) is 25.7 Å². The molecule has 1 fully saturated rings. The first-order chi connectivity index (χ1) is 5.52. The minimum atomic E-state index is -1.01. The highest BCUT2D eigenvalue weighted by Gasteiger charge is 2.29. The molecule has 1 aliphatic carbocycles. The molecule has 0 aromatic carbocycles. The zero-order valence-electron chi connectivity index (χ0n) is 9.06. The van der Waals surface area contributed by atoms with Crippen LogP contribution < -0.4 is 0 Å². The van der Waals surface area contributed by atoms with Crippen molar-refractivity contribution in [3.63, 3.8) is 0 Å². The quantitative estimate of drug-likeness (QED) is 0.611. The van der Waals surface area contributed by atoms with Gasteiger partial charge in [0.2, 0.25) is 0 Å². The first-order valence-corrected chi connectivity index (χ1v) is 8.35. The minimum absolute atomic E-state index is 1.01. The monoisotopic (exact) mass is 185 g/mol. The fraction of sp³-hybridized carbons (Fsp3) is 1.00. The normalized spacial score (nSPS) is 20.8. The summed E-state index contributed by atoms with van der Waals surface area (Å²) < 4.78 is 2.49. The summed E-state index contributed by atoms with van der Waals surface area (Å²) in [5.74, 6) is 1.06. The Kier molecular flexibility index (Phi) is 3.35. The third kappa shape index (κ3) is 2.59. The molecule has 0 heterocycles. The Labute approximate surface area is 78.2 Å². The standard InChI is InChI=1S/C10H23NSi/c1-11(2)12(3,4)9-10-7-5-6-8-10/h10H,5-9H2,1-4H3. The van der Waals surface area contributed by atoms with Gasteiger partial charge in [-0.05, 0) is 26.1 Å². The number of nitrogens with zero attached hydrogens (tertiary/aromatic N) is 1. The maximum atomic E-state index is 2.49. The lowest BCUT2D eigenvalue weighted by atomic mass is 10.1. The zero-order valence-corrected chi connectivity index (χ0v) is 10.1. The molecule has 12 heavy (non-hydrogen) atoms. The third-order valence-electron chi connectivity index (χ3n) is 3.47. The van der Waals surface area contributed by atoms with Gasteiger partial charge in [0.1, 0.15) is 8.24 Å². The Balaban J connectivity index is 2.37. The highest BCUT2D eigenvalue weighted by molar-refractivity contribution is 6.74. The molecule has 2 heteroatoms. The summed E-state index contributed by atoms with van der Waals surface area (Å²) in [6.45, 7) is 4.98. The summed E-state index contributed by atoms with van der Waals surface area (Å²) in [4.78, 5) is 0. The summed E-state index contributed by atoms with van der Waals surface area (Å²) in [5, 5.41) is 0. The van der Waals surface area contributed by atoms with E-state index in [0.29, 0.717) is 0 Å². The molecule has 0 N–H and O–H groups in total. The van der Waals surface area contributed by atoms with Crippen LogP contribution in [-0.2, 0) is 0 Å². The molecule has 0 saturated heterocycles. The van der Waals surface area contributed by atoms with Gasteiger partial charge >= 0.3 is 0 Å². The van der Waals surface area contributed by atoms with Crippen LogP contribution in [0.15, 0.2) is 0 Å². The maximum absolute atomic E-state index is 2.49. The molecule has 1 nitrogen and oxygen atoms in total. The predicted octanol–water partition coefficient (Wildman–Crippen LogP) is 2.94. The van der Waals surface area contributed by atoms with Crippen molar-refractivity contribution in [2.45, 2.75) is 44.8 Å². The number of hydrogen-bond donors (Lipinski definition) is 0. The van der Waals surface area contributed by atoms with E-state index in [1.165, 1.54) is 31.7 Å². The van der Waals surface area contributed by atoms with Gasteiger partial charge in [0.05, 0.1) is 0 Å². The Hall–Kier alpha value is 0.177. The van der Waals surface area contributed by atoms with Crippen LogP contribution in [0.2, 0.25) is 19.1 Å². The summed E-state index contributed by atoms with van der Waals surface area (Å²) in [5.41, 5.74) is 0. The molecular formula is C10H23NSi. The Morgan fingerprint density at radius 1 is 1.17 bits per heavy atom. The van der Waals surface area contributed by atoms with E-state index in [1.54, 1.807) is 0 Å². The number of rotatable bonds is 3. The first kappa shape index (κ1) is 10.3. The van der Waals surface area contributed by atoms with E-state index in [9.17, 15) is 0 Å². The third-order valence-corrected chi connectivity index (χ3v) is 7.47. The lowest BCUT2D eigenvalue weighted by Crippen LogP contribution is -2.44. The van der Waals surface area contributed by atoms with Crippen molar-refractivity contribution in [3.05, 3.63) is 0 Å². The van der Waals surface area contributed by atoms with Crippen LogP contribution in [0.4, 0.5) is 0 Å². The lowest BCUT2D eigenvalue weighted by Gasteiger charge is -2.32. The van der Waals surface area contributed by atoms with E-state index < -0.39 is 8.24 Å². The molecule has 1 saturated carbocycles. The Bertz CT molecular complexity index is 137. The van der Waals surface area contributed by atoms with Gasteiger partial charge in [0.15, 0.2) is 0 Å². The van der Waals surface area contributed by atoms with Gasteiger partial charge in [-0.15, -0.1) is 0 Å². The molecule has 0 aromatic heterocycles. The van der Waals surface area contributed by atoms with E-state index in [1.807, 2.05) is 0 Å². The summed E-state index contributed by atoms with van der Waals surface area (Å²) in [6, 6.07) is 1.51. The van der Waals surface area contributed by atoms with Crippen LogP contribution in [0, 0.1) is 5.92 Å². The fourth-order valence-corrected chi connectivity index (χ4v) is 4.29. The molecule has 0 unspecified atom stereocenters. The van der Waals surface area contributed by atoms with E-state index in [0.717, 1.165) is 5.92 Å². The second kappa shape index (κ2) is 3.92. The fourth-order valence-electron chi connectivity index (χ4n) is 2.10. The average Bonchev–Trinajstić information content (AvgIpc) is 2.38. The Morgan fingerprint density at radius 2 is 1.67 bits per heavy atom. The second-order valence-electron chi connectivity index (χ2n) is 5.06. The molecule has 0 amide bonds. The van der Waals surface area contributed by atoms with Crippen molar-refractivity contribution in [2.24, 2.45) is 5.92 Å². The van der Waals surface area contributed by atoms with E-state index in [-0.39, 0.29) is 0 Å². The lowest BCUT2D eigenvalue weighted by molar-refractivity contribution is 0.549. The summed E-state index contributed by atoms with van der Waals surface area (Å²) >= 11 is 0. The van der Waals surface area contributed by atoms with Gasteiger partial charge in [-0.2, -0.15) is 0 Å². The second-order valence-corrected chi connectivity index (χ2v) is 9.99. The van der Waals surface area contributed by atoms with Gasteiger partial charge in [0.25, 0.3) is 0 Å². The molecule has 0 bridgehead atoms. The molecule has 0 radical (unpaired) electrons. The van der Waals surface area contributed by atoms with Gasteiger partial charge in [-0.1, -0.05) is 38.8 Å². The highest BCUT2D eigenvalue weighted by atomic mass is 28.3. The summed E-state index contributed by atoms with van der Waals surface area (Å²) in [7, 11) is 3.49. The topological polar surface area (TPSA) is 3.24 Å². The van der Waals surface area contributed by atoms with E-state index >= 15 is 0 Å². The highest BCUT2D eigenvalue weighted by Crippen LogP contribution is 2.32. The smallest absolute Gasteiger partial charge is 0.121 e. The summed E-state index contributed by atoms with van der Waals surface area (Å²) in [6.07, 6.45) is 5.99.